The van der Waals surface area contributed by atoms with Crippen LogP contribution in [0.2, 0.25) is 0 Å². The molecule has 8 nitrogen and oxygen atoms in total. The van der Waals surface area contributed by atoms with Gasteiger partial charge in [-0.15, -0.1) is 10.2 Å². The molecule has 25 heavy (non-hydrogen) atoms. The fraction of sp³-hybridized carbons (Fsp3) is 0.176. The summed E-state index contributed by atoms with van der Waals surface area (Å²) in [5, 5.41) is 10.8. The average molecular weight is 340 g/mol. The minimum Gasteiger partial charge on any atom is -0.460 e. The molecule has 0 spiro atoms. The number of anilines is 2. The van der Waals surface area contributed by atoms with Crippen LogP contribution in [0, 0.1) is 0 Å². The largest absolute Gasteiger partial charge is 0.460 e. The van der Waals surface area contributed by atoms with Crippen molar-refractivity contribution < 1.29 is 9.53 Å². The Morgan fingerprint density at radius 3 is 2.64 bits per heavy atom. The number of aromatic nitrogens is 1. The number of carbonyl (C=O) groups is 1. The molecule has 5 N–H and O–H groups in total. The number of nitrogen functional groups attached to an aromatic ring is 1. The Hall–Kier alpha value is -3.26. The molecule has 1 heterocycles. The van der Waals surface area contributed by atoms with E-state index >= 15 is 0 Å². The number of azo groups is 1. The van der Waals surface area contributed by atoms with Gasteiger partial charge in [-0.1, -0.05) is 18.7 Å². The molecule has 130 valence electrons. The molecule has 0 atom stereocenters. The summed E-state index contributed by atoms with van der Waals surface area (Å²) < 4.78 is 5.50. The zero-order valence-electron chi connectivity index (χ0n) is 13.9. The van der Waals surface area contributed by atoms with Crippen molar-refractivity contribution in [3.05, 3.63) is 48.7 Å². The molecule has 0 aliphatic rings. The molecule has 1 aromatic heterocycles. The molecule has 1 aromatic carbocycles. The Kier molecular flexibility index (Phi) is 6.19. The van der Waals surface area contributed by atoms with Gasteiger partial charge < -0.3 is 21.5 Å². The van der Waals surface area contributed by atoms with Gasteiger partial charge in [0.15, 0.2) is 11.6 Å². The van der Waals surface area contributed by atoms with Crippen LogP contribution >= 0.6 is 0 Å². The first-order valence-corrected chi connectivity index (χ1v) is 7.60. The third-order valence-electron chi connectivity index (χ3n) is 2.96. The lowest BCUT2D eigenvalue weighted by Crippen LogP contribution is -2.17. The van der Waals surface area contributed by atoms with Gasteiger partial charge in [0.25, 0.3) is 0 Å². The maximum Gasteiger partial charge on any atom is 0.226 e. The Morgan fingerprint density at radius 1 is 1.24 bits per heavy atom. The molecule has 2 aromatic rings. The second kappa shape index (κ2) is 8.55. The fourth-order valence-corrected chi connectivity index (χ4v) is 1.88. The first kappa shape index (κ1) is 18.1. The van der Waals surface area contributed by atoms with Gasteiger partial charge in [0.2, 0.25) is 5.91 Å². The van der Waals surface area contributed by atoms with Gasteiger partial charge in [0.1, 0.15) is 17.2 Å². The number of allylic oxidation sites excluding steroid dienone is 1. The van der Waals surface area contributed by atoms with Crippen molar-refractivity contribution in [1.82, 2.24) is 4.98 Å². The summed E-state index contributed by atoms with van der Waals surface area (Å²) in [4.78, 5) is 15.6. The van der Waals surface area contributed by atoms with E-state index in [-0.39, 0.29) is 24.7 Å². The molecule has 0 saturated heterocycles. The molecule has 0 aliphatic carbocycles. The lowest BCUT2D eigenvalue weighted by atomic mass is 10.3. The van der Waals surface area contributed by atoms with Crippen LogP contribution < -0.4 is 21.5 Å². The van der Waals surface area contributed by atoms with Crippen molar-refractivity contribution in [3.63, 3.8) is 0 Å². The summed E-state index contributed by atoms with van der Waals surface area (Å²) in [6.07, 6.45) is 0.211. The van der Waals surface area contributed by atoms with Gasteiger partial charge in [-0.2, -0.15) is 0 Å². The number of hydrogen-bond donors (Lipinski definition) is 3. The van der Waals surface area contributed by atoms with Crippen molar-refractivity contribution in [1.29, 1.82) is 0 Å². The van der Waals surface area contributed by atoms with E-state index in [0.717, 1.165) is 0 Å². The van der Waals surface area contributed by atoms with Crippen molar-refractivity contribution >= 4 is 28.9 Å². The molecule has 0 fully saturated rings. The normalized spacial score (nSPS) is 10.6. The number of carbonyl (C=O) groups excluding carboxylic acids is 1. The highest BCUT2D eigenvalue weighted by atomic mass is 16.5. The van der Waals surface area contributed by atoms with Gasteiger partial charge in [-0.05, 0) is 31.2 Å². The van der Waals surface area contributed by atoms with Gasteiger partial charge in [0.05, 0.1) is 5.76 Å². The summed E-state index contributed by atoms with van der Waals surface area (Å²) in [5.41, 5.74) is 12.1. The predicted molar refractivity (Wildman–Crippen MR) is 97.0 cm³/mol. The molecule has 0 aliphatic heterocycles. The van der Waals surface area contributed by atoms with Gasteiger partial charge in [-0.3, -0.25) is 4.79 Å². The van der Waals surface area contributed by atoms with E-state index in [1.165, 1.54) is 0 Å². The van der Waals surface area contributed by atoms with Gasteiger partial charge >= 0.3 is 0 Å². The number of rotatable bonds is 7. The highest BCUT2D eigenvalue weighted by Gasteiger charge is 2.07. The fourth-order valence-electron chi connectivity index (χ4n) is 1.88. The number of nitrogens with two attached hydrogens (primary N) is 2. The van der Waals surface area contributed by atoms with Crippen LogP contribution in [0.3, 0.4) is 0 Å². The molecule has 0 radical (unpaired) electrons. The highest BCUT2D eigenvalue weighted by Crippen LogP contribution is 2.31. The number of nitrogens with one attached hydrogen (secondary N) is 1. The van der Waals surface area contributed by atoms with Gasteiger partial charge in [0, 0.05) is 13.0 Å². The van der Waals surface area contributed by atoms with E-state index in [1.807, 2.05) is 12.1 Å². The van der Waals surface area contributed by atoms with E-state index < -0.39 is 0 Å². The molecule has 0 saturated carbocycles. The first-order chi connectivity index (χ1) is 12.0. The molecular weight excluding hydrogens is 320 g/mol. The summed E-state index contributed by atoms with van der Waals surface area (Å²) in [5.74, 6) is 1.33. The number of hydrogen-bond acceptors (Lipinski definition) is 7. The maximum absolute atomic E-state index is 11.5. The Labute approximate surface area is 145 Å². The minimum absolute atomic E-state index is 0.146. The van der Waals surface area contributed by atoms with Crippen LogP contribution in [0.4, 0.5) is 23.0 Å². The minimum atomic E-state index is -0.227. The summed E-state index contributed by atoms with van der Waals surface area (Å²) >= 11 is 0. The second-order valence-corrected chi connectivity index (χ2v) is 5.16. The van der Waals surface area contributed by atoms with E-state index in [1.54, 1.807) is 31.2 Å². The molecule has 0 unspecified atom stereocenters. The van der Waals surface area contributed by atoms with Crippen LogP contribution in [0.15, 0.2) is 59.0 Å². The topological polar surface area (TPSA) is 128 Å². The SMILES string of the molecule is C=C(C)Oc1ccccc1N=Nc1ccc(NC(=O)CCN)nc1N. The summed E-state index contributed by atoms with van der Waals surface area (Å²) in [6, 6.07) is 10.4. The van der Waals surface area contributed by atoms with Crippen LogP contribution in [-0.4, -0.2) is 17.4 Å². The molecular formula is C17H20N6O2. The van der Waals surface area contributed by atoms with Crippen LogP contribution in [0.1, 0.15) is 13.3 Å². The number of para-hydroxylation sites is 1. The van der Waals surface area contributed by atoms with E-state index in [2.05, 4.69) is 27.1 Å². The zero-order chi connectivity index (χ0) is 18.2. The standard InChI is InChI=1S/C17H20N6O2/c1-11(2)25-14-6-4-3-5-12(14)22-23-13-7-8-15(21-17(13)19)20-16(24)9-10-18/h3-8H,1,9-10,18H2,2H3,(H3,19,20,21,24). The number of amides is 1. The Balaban J connectivity index is 2.17. The predicted octanol–water partition coefficient (Wildman–Crippen LogP) is 3.28. The Bertz CT molecular complexity index is 803. The van der Waals surface area contributed by atoms with Crippen molar-refractivity contribution in [2.45, 2.75) is 13.3 Å². The molecule has 8 heteroatoms. The van der Waals surface area contributed by atoms with Crippen LogP contribution in [0.25, 0.3) is 0 Å². The number of benzene rings is 1. The first-order valence-electron chi connectivity index (χ1n) is 7.60. The van der Waals surface area contributed by atoms with E-state index in [4.69, 9.17) is 16.2 Å². The second-order valence-electron chi connectivity index (χ2n) is 5.16. The number of pyridine rings is 1. The summed E-state index contributed by atoms with van der Waals surface area (Å²) in [7, 11) is 0. The van der Waals surface area contributed by atoms with Crippen LogP contribution in [0.5, 0.6) is 5.75 Å². The number of nitrogens with zero attached hydrogens (tertiary/aromatic N) is 3. The van der Waals surface area contributed by atoms with Crippen LogP contribution in [-0.2, 0) is 4.79 Å². The molecule has 1 amide bonds. The maximum atomic E-state index is 11.5. The molecule has 2 rings (SSSR count). The van der Waals surface area contributed by atoms with Gasteiger partial charge in [-0.25, -0.2) is 4.98 Å². The average Bonchev–Trinajstić information content (AvgIpc) is 2.55. The van der Waals surface area contributed by atoms with Crippen molar-refractivity contribution in [3.8, 4) is 5.75 Å². The zero-order valence-corrected chi connectivity index (χ0v) is 13.9. The van der Waals surface area contributed by atoms with E-state index in [0.29, 0.717) is 28.7 Å². The lowest BCUT2D eigenvalue weighted by molar-refractivity contribution is -0.116. The smallest absolute Gasteiger partial charge is 0.226 e. The third-order valence-corrected chi connectivity index (χ3v) is 2.96. The lowest BCUT2D eigenvalue weighted by Gasteiger charge is -2.07. The van der Waals surface area contributed by atoms with Crippen molar-refractivity contribution in [2.75, 3.05) is 17.6 Å². The Morgan fingerprint density at radius 2 is 1.96 bits per heavy atom. The van der Waals surface area contributed by atoms with Crippen molar-refractivity contribution in [2.24, 2.45) is 16.0 Å². The third kappa shape index (κ3) is 5.40. The molecule has 0 bridgehead atoms. The van der Waals surface area contributed by atoms with E-state index in [9.17, 15) is 4.79 Å². The quantitative estimate of drug-likeness (QED) is 0.526. The highest BCUT2D eigenvalue weighted by molar-refractivity contribution is 5.90. The monoisotopic (exact) mass is 340 g/mol. The number of ether oxygens (including phenoxy) is 1. The summed E-state index contributed by atoms with van der Waals surface area (Å²) in [6.45, 7) is 5.71.